The number of carbonyl (C=O) groups excluding carboxylic acids is 2. The van der Waals surface area contributed by atoms with Crippen molar-refractivity contribution >= 4 is 11.8 Å². The maximum atomic E-state index is 12.5. The molecule has 0 spiro atoms. The zero-order valence-corrected chi connectivity index (χ0v) is 13.0. The molecule has 1 aromatic rings. The third kappa shape index (κ3) is 4.44. The third-order valence-electron chi connectivity index (χ3n) is 3.82. The molecule has 1 saturated heterocycles. The van der Waals surface area contributed by atoms with Crippen molar-refractivity contribution < 1.29 is 22.8 Å². The predicted octanol–water partition coefficient (Wildman–Crippen LogP) is 1.03. The Morgan fingerprint density at radius 3 is 2.71 bits per heavy atom. The average molecular weight is 344 g/mol. The van der Waals surface area contributed by atoms with Crippen molar-refractivity contribution in [1.82, 2.24) is 15.2 Å². The molecule has 1 aliphatic heterocycles. The van der Waals surface area contributed by atoms with Crippen LogP contribution in [0.15, 0.2) is 18.3 Å². The number of amides is 2. The number of hydrogen-bond donors (Lipinski definition) is 2. The molecule has 1 aromatic heterocycles. The van der Waals surface area contributed by atoms with E-state index >= 15 is 0 Å². The van der Waals surface area contributed by atoms with Gasteiger partial charge in [-0.15, -0.1) is 0 Å². The number of pyridine rings is 1. The third-order valence-corrected chi connectivity index (χ3v) is 3.82. The van der Waals surface area contributed by atoms with Crippen LogP contribution >= 0.6 is 0 Å². The molecule has 0 aromatic carbocycles. The highest BCUT2D eigenvalue weighted by Crippen LogP contribution is 2.27. The highest BCUT2D eigenvalue weighted by molar-refractivity contribution is 5.94. The summed E-state index contributed by atoms with van der Waals surface area (Å²) >= 11 is 0. The van der Waals surface area contributed by atoms with Crippen molar-refractivity contribution in [1.29, 1.82) is 0 Å². The van der Waals surface area contributed by atoms with Crippen LogP contribution in [0.2, 0.25) is 0 Å². The second-order valence-electron chi connectivity index (χ2n) is 5.60. The van der Waals surface area contributed by atoms with Gasteiger partial charge in [-0.3, -0.25) is 14.6 Å². The number of alkyl halides is 3. The molecule has 1 aliphatic rings. The van der Waals surface area contributed by atoms with Crippen molar-refractivity contribution in [2.75, 3.05) is 26.2 Å². The molecule has 1 unspecified atom stereocenters. The van der Waals surface area contributed by atoms with Crippen molar-refractivity contribution in [3.8, 4) is 0 Å². The molecule has 0 aliphatic carbocycles. The van der Waals surface area contributed by atoms with Crippen molar-refractivity contribution in [2.24, 2.45) is 11.7 Å². The quantitative estimate of drug-likeness (QED) is 0.854. The molecule has 2 rings (SSSR count). The second-order valence-corrected chi connectivity index (χ2v) is 5.60. The Balaban J connectivity index is 2.02. The number of halogens is 3. The monoisotopic (exact) mass is 344 g/mol. The summed E-state index contributed by atoms with van der Waals surface area (Å²) < 4.78 is 37.5. The van der Waals surface area contributed by atoms with Gasteiger partial charge in [-0.05, 0) is 25.0 Å². The fourth-order valence-electron chi connectivity index (χ4n) is 2.59. The normalized spacial score (nSPS) is 18.3. The lowest BCUT2D eigenvalue weighted by Gasteiger charge is -2.32. The SMILES string of the molecule is NCCNC(=O)C1CCCN(C(=O)c2ccc(C(F)(F)F)nc2)C1. The van der Waals surface area contributed by atoms with E-state index < -0.39 is 17.8 Å². The topological polar surface area (TPSA) is 88.3 Å². The molecule has 1 atom stereocenters. The molecular formula is C15H19F3N4O2. The number of aromatic nitrogens is 1. The van der Waals surface area contributed by atoms with Gasteiger partial charge in [0.05, 0.1) is 11.5 Å². The van der Waals surface area contributed by atoms with Gasteiger partial charge in [0.1, 0.15) is 5.69 Å². The molecule has 9 heteroatoms. The first-order valence-corrected chi connectivity index (χ1v) is 7.63. The van der Waals surface area contributed by atoms with Crippen LogP contribution in [-0.4, -0.2) is 47.9 Å². The molecule has 0 bridgehead atoms. The number of nitrogens with one attached hydrogen (secondary N) is 1. The van der Waals surface area contributed by atoms with Gasteiger partial charge in [-0.25, -0.2) is 0 Å². The number of nitrogens with zero attached hydrogens (tertiary/aromatic N) is 2. The Morgan fingerprint density at radius 1 is 1.38 bits per heavy atom. The predicted molar refractivity (Wildman–Crippen MR) is 79.9 cm³/mol. The lowest BCUT2D eigenvalue weighted by atomic mass is 9.96. The minimum atomic E-state index is -4.54. The molecule has 132 valence electrons. The average Bonchev–Trinajstić information content (AvgIpc) is 2.58. The Hall–Kier alpha value is -2.16. The fraction of sp³-hybridized carbons (Fsp3) is 0.533. The summed E-state index contributed by atoms with van der Waals surface area (Å²) in [6.07, 6.45) is -2.31. The van der Waals surface area contributed by atoms with Crippen molar-refractivity contribution in [3.05, 3.63) is 29.6 Å². The van der Waals surface area contributed by atoms with Gasteiger partial charge in [0.2, 0.25) is 5.91 Å². The minimum absolute atomic E-state index is 0.0750. The Bertz CT molecular complexity index is 589. The molecule has 1 fully saturated rings. The number of piperidine rings is 1. The lowest BCUT2D eigenvalue weighted by molar-refractivity contribution is -0.141. The van der Waals surface area contributed by atoms with Crippen LogP contribution < -0.4 is 11.1 Å². The second kappa shape index (κ2) is 7.61. The van der Waals surface area contributed by atoms with E-state index in [1.54, 1.807) is 0 Å². The largest absolute Gasteiger partial charge is 0.433 e. The van der Waals surface area contributed by atoms with Crippen LogP contribution in [-0.2, 0) is 11.0 Å². The van der Waals surface area contributed by atoms with Gasteiger partial charge in [0.15, 0.2) is 0 Å². The molecule has 0 radical (unpaired) electrons. The van der Waals surface area contributed by atoms with Crippen LogP contribution in [0.5, 0.6) is 0 Å². The number of hydrogen-bond acceptors (Lipinski definition) is 4. The summed E-state index contributed by atoms with van der Waals surface area (Å²) in [5.74, 6) is -0.923. The summed E-state index contributed by atoms with van der Waals surface area (Å²) in [6, 6.07) is 1.89. The minimum Gasteiger partial charge on any atom is -0.355 e. The summed E-state index contributed by atoms with van der Waals surface area (Å²) in [5.41, 5.74) is 4.36. The Morgan fingerprint density at radius 2 is 2.12 bits per heavy atom. The van der Waals surface area contributed by atoms with E-state index in [1.807, 2.05) is 0 Å². The van der Waals surface area contributed by atoms with Crippen LogP contribution in [0.1, 0.15) is 28.9 Å². The first kappa shape index (κ1) is 18.2. The van der Waals surface area contributed by atoms with Gasteiger partial charge >= 0.3 is 6.18 Å². The van der Waals surface area contributed by atoms with Gasteiger partial charge in [-0.1, -0.05) is 0 Å². The zero-order chi connectivity index (χ0) is 17.7. The number of rotatable bonds is 4. The molecule has 3 N–H and O–H groups in total. The number of carbonyl (C=O) groups is 2. The van der Waals surface area contributed by atoms with Crippen LogP contribution in [0.4, 0.5) is 13.2 Å². The molecule has 2 amide bonds. The van der Waals surface area contributed by atoms with Crippen molar-refractivity contribution in [2.45, 2.75) is 19.0 Å². The Labute approximate surface area is 137 Å². The maximum absolute atomic E-state index is 12.5. The summed E-state index contributed by atoms with van der Waals surface area (Å²) in [6.45, 7) is 1.39. The summed E-state index contributed by atoms with van der Waals surface area (Å²) in [7, 11) is 0. The van der Waals surface area contributed by atoms with E-state index in [4.69, 9.17) is 5.73 Å². The molecule has 24 heavy (non-hydrogen) atoms. The smallest absolute Gasteiger partial charge is 0.355 e. The fourth-order valence-corrected chi connectivity index (χ4v) is 2.59. The molecule has 6 nitrogen and oxygen atoms in total. The standard InChI is InChI=1S/C15H19F3N4O2/c16-15(17,18)12-4-3-10(8-21-12)14(24)22-7-1-2-11(9-22)13(23)20-6-5-19/h3-4,8,11H,1-2,5-7,9,19H2,(H,20,23). The number of likely N-dealkylation sites (tertiary alicyclic amines) is 1. The van der Waals surface area contributed by atoms with Crippen molar-refractivity contribution in [3.63, 3.8) is 0 Å². The van der Waals surface area contributed by atoms with E-state index in [-0.39, 0.29) is 23.9 Å². The number of nitrogens with two attached hydrogens (primary N) is 1. The van der Waals surface area contributed by atoms with Crippen LogP contribution in [0.25, 0.3) is 0 Å². The van der Waals surface area contributed by atoms with E-state index in [1.165, 1.54) is 4.90 Å². The van der Waals surface area contributed by atoms with Gasteiger partial charge < -0.3 is 16.0 Å². The first-order chi connectivity index (χ1) is 11.3. The maximum Gasteiger partial charge on any atom is 0.433 e. The lowest BCUT2D eigenvalue weighted by Crippen LogP contribution is -2.46. The van der Waals surface area contributed by atoms with E-state index in [9.17, 15) is 22.8 Å². The summed E-state index contributed by atoms with van der Waals surface area (Å²) in [4.78, 5) is 29.1. The molecular weight excluding hydrogens is 325 g/mol. The highest BCUT2D eigenvalue weighted by atomic mass is 19.4. The first-order valence-electron chi connectivity index (χ1n) is 7.63. The van der Waals surface area contributed by atoms with Gasteiger partial charge in [0, 0.05) is 32.4 Å². The highest BCUT2D eigenvalue weighted by Gasteiger charge is 2.33. The van der Waals surface area contributed by atoms with E-state index in [0.717, 1.165) is 18.3 Å². The summed E-state index contributed by atoms with van der Waals surface area (Å²) in [5, 5.41) is 2.69. The molecule has 0 saturated carbocycles. The van der Waals surface area contributed by atoms with Gasteiger partial charge in [0.25, 0.3) is 5.91 Å². The van der Waals surface area contributed by atoms with Gasteiger partial charge in [-0.2, -0.15) is 13.2 Å². The zero-order valence-electron chi connectivity index (χ0n) is 13.0. The van der Waals surface area contributed by atoms with E-state index in [0.29, 0.717) is 32.5 Å². The Kier molecular flexibility index (Phi) is 5.76. The van der Waals surface area contributed by atoms with Crippen LogP contribution in [0, 0.1) is 5.92 Å². The molecule has 2 heterocycles. The van der Waals surface area contributed by atoms with Crippen LogP contribution in [0.3, 0.4) is 0 Å². The van der Waals surface area contributed by atoms with E-state index in [2.05, 4.69) is 10.3 Å².